The van der Waals surface area contributed by atoms with Gasteiger partial charge in [-0.25, -0.2) is 0 Å². The van der Waals surface area contributed by atoms with E-state index in [0.717, 1.165) is 16.7 Å². The van der Waals surface area contributed by atoms with Crippen molar-refractivity contribution in [2.45, 2.75) is 0 Å². The van der Waals surface area contributed by atoms with E-state index in [1.165, 1.54) is 6.08 Å². The summed E-state index contributed by atoms with van der Waals surface area (Å²) in [4.78, 5) is 10.6. The SMILES string of the molecule is NC(=O)C=CC=CC=C(c1ccccc1)c1ccccc1. The van der Waals surface area contributed by atoms with Crippen molar-refractivity contribution >= 4 is 11.5 Å². The number of carbonyl (C=O) groups is 1. The second kappa shape index (κ2) is 7.65. The lowest BCUT2D eigenvalue weighted by molar-refractivity contribution is -0.113. The Bertz CT molecular complexity index is 626. The van der Waals surface area contributed by atoms with Gasteiger partial charge in [0, 0.05) is 6.08 Å². The third-order valence-corrected chi connectivity index (χ3v) is 2.92. The van der Waals surface area contributed by atoms with Crippen LogP contribution < -0.4 is 5.73 Å². The normalized spacial score (nSPS) is 10.9. The predicted molar refractivity (Wildman–Crippen MR) is 87.4 cm³/mol. The number of hydrogen-bond acceptors (Lipinski definition) is 1. The summed E-state index contributed by atoms with van der Waals surface area (Å²) in [6.45, 7) is 0. The monoisotopic (exact) mass is 275 g/mol. The Kier molecular flexibility index (Phi) is 5.30. The molecule has 0 radical (unpaired) electrons. The van der Waals surface area contributed by atoms with Crippen molar-refractivity contribution in [1.29, 1.82) is 0 Å². The number of benzene rings is 2. The first kappa shape index (κ1) is 14.5. The molecular formula is C19H17NO. The summed E-state index contributed by atoms with van der Waals surface area (Å²) >= 11 is 0. The Labute approximate surface area is 124 Å². The van der Waals surface area contributed by atoms with Crippen molar-refractivity contribution < 1.29 is 4.79 Å². The number of rotatable bonds is 5. The molecule has 0 aliphatic carbocycles. The number of hydrogen-bond donors (Lipinski definition) is 1. The molecule has 0 unspecified atom stereocenters. The number of allylic oxidation sites excluding steroid dienone is 4. The standard InChI is InChI=1S/C19H17NO/c20-19(21)15-9-3-8-14-18(16-10-4-1-5-11-16)17-12-6-2-7-13-17/h1-15H,(H2,20,21). The van der Waals surface area contributed by atoms with Gasteiger partial charge in [-0.3, -0.25) is 4.79 Å². The maximum Gasteiger partial charge on any atom is 0.241 e. The van der Waals surface area contributed by atoms with E-state index in [0.29, 0.717) is 0 Å². The molecule has 0 aliphatic rings. The fraction of sp³-hybridized carbons (Fsp3) is 0. The van der Waals surface area contributed by atoms with Crippen molar-refractivity contribution in [1.82, 2.24) is 0 Å². The van der Waals surface area contributed by atoms with E-state index in [1.807, 2.05) is 48.6 Å². The van der Waals surface area contributed by atoms with Gasteiger partial charge in [-0.15, -0.1) is 0 Å². The third-order valence-electron chi connectivity index (χ3n) is 2.92. The predicted octanol–water partition coefficient (Wildman–Crippen LogP) is 3.72. The molecule has 0 atom stereocenters. The molecule has 2 aromatic rings. The molecule has 0 heterocycles. The van der Waals surface area contributed by atoms with Gasteiger partial charge in [0.2, 0.25) is 5.91 Å². The van der Waals surface area contributed by atoms with Crippen LogP contribution in [0.5, 0.6) is 0 Å². The second-order valence-electron chi connectivity index (χ2n) is 4.46. The molecule has 2 rings (SSSR count). The van der Waals surface area contributed by atoms with Crippen LogP contribution in [0, 0.1) is 0 Å². The van der Waals surface area contributed by atoms with Gasteiger partial charge in [0.25, 0.3) is 0 Å². The van der Waals surface area contributed by atoms with E-state index in [2.05, 4.69) is 24.3 Å². The highest BCUT2D eigenvalue weighted by molar-refractivity contribution is 5.86. The lowest BCUT2D eigenvalue weighted by atomic mass is 9.97. The first-order chi connectivity index (χ1) is 10.3. The molecular weight excluding hydrogens is 258 g/mol. The molecule has 0 spiro atoms. The second-order valence-corrected chi connectivity index (χ2v) is 4.46. The Morgan fingerprint density at radius 1 is 0.762 bits per heavy atom. The van der Waals surface area contributed by atoms with Gasteiger partial charge >= 0.3 is 0 Å². The number of amides is 1. The minimum Gasteiger partial charge on any atom is -0.366 e. The zero-order chi connectivity index (χ0) is 14.9. The van der Waals surface area contributed by atoms with Crippen molar-refractivity contribution in [3.63, 3.8) is 0 Å². The smallest absolute Gasteiger partial charge is 0.241 e. The van der Waals surface area contributed by atoms with Crippen molar-refractivity contribution in [2.75, 3.05) is 0 Å². The van der Waals surface area contributed by atoms with Crippen LogP contribution in [0.2, 0.25) is 0 Å². The van der Waals surface area contributed by atoms with Crippen LogP contribution in [0.3, 0.4) is 0 Å². The van der Waals surface area contributed by atoms with Crippen LogP contribution in [0.25, 0.3) is 5.57 Å². The van der Waals surface area contributed by atoms with Gasteiger partial charge in [-0.2, -0.15) is 0 Å². The van der Waals surface area contributed by atoms with Crippen LogP contribution in [-0.2, 0) is 4.79 Å². The average molecular weight is 275 g/mol. The Balaban J connectivity index is 2.31. The summed E-state index contributed by atoms with van der Waals surface area (Å²) in [6.07, 6.45) is 8.67. The van der Waals surface area contributed by atoms with E-state index in [4.69, 9.17) is 5.73 Å². The van der Waals surface area contributed by atoms with Gasteiger partial charge in [-0.1, -0.05) is 85.0 Å². The summed E-state index contributed by atoms with van der Waals surface area (Å²) in [5.74, 6) is -0.449. The maximum absolute atomic E-state index is 10.6. The van der Waals surface area contributed by atoms with E-state index in [1.54, 1.807) is 12.2 Å². The lowest BCUT2D eigenvalue weighted by Crippen LogP contribution is -2.04. The Morgan fingerprint density at radius 3 is 1.76 bits per heavy atom. The zero-order valence-electron chi connectivity index (χ0n) is 11.6. The molecule has 0 saturated heterocycles. The van der Waals surface area contributed by atoms with Gasteiger partial charge in [0.05, 0.1) is 0 Å². The maximum atomic E-state index is 10.6. The summed E-state index contributed by atoms with van der Waals surface area (Å²) in [7, 11) is 0. The van der Waals surface area contributed by atoms with E-state index in [-0.39, 0.29) is 0 Å². The highest BCUT2D eigenvalue weighted by atomic mass is 16.1. The average Bonchev–Trinajstić information content (AvgIpc) is 2.52. The molecule has 0 bridgehead atoms. The van der Waals surface area contributed by atoms with Crippen LogP contribution in [0.1, 0.15) is 11.1 Å². The van der Waals surface area contributed by atoms with Gasteiger partial charge in [0.1, 0.15) is 0 Å². The molecule has 0 saturated carbocycles. The molecule has 2 aromatic carbocycles. The first-order valence-corrected chi connectivity index (χ1v) is 6.72. The highest BCUT2D eigenvalue weighted by Crippen LogP contribution is 2.23. The fourth-order valence-electron chi connectivity index (χ4n) is 1.96. The minimum atomic E-state index is -0.449. The molecule has 1 amide bonds. The van der Waals surface area contributed by atoms with Gasteiger partial charge in [-0.05, 0) is 16.7 Å². The summed E-state index contributed by atoms with van der Waals surface area (Å²) in [5.41, 5.74) is 8.46. The summed E-state index contributed by atoms with van der Waals surface area (Å²) in [6, 6.07) is 20.4. The van der Waals surface area contributed by atoms with Crippen LogP contribution >= 0.6 is 0 Å². The molecule has 0 aliphatic heterocycles. The first-order valence-electron chi connectivity index (χ1n) is 6.72. The number of nitrogens with two attached hydrogens (primary N) is 1. The third kappa shape index (κ3) is 4.62. The molecule has 21 heavy (non-hydrogen) atoms. The van der Waals surface area contributed by atoms with E-state index >= 15 is 0 Å². The number of primary amides is 1. The minimum absolute atomic E-state index is 0.449. The largest absolute Gasteiger partial charge is 0.366 e. The van der Waals surface area contributed by atoms with E-state index in [9.17, 15) is 4.79 Å². The molecule has 0 fully saturated rings. The van der Waals surface area contributed by atoms with Gasteiger partial charge < -0.3 is 5.73 Å². The van der Waals surface area contributed by atoms with Gasteiger partial charge in [0.15, 0.2) is 0 Å². The number of carbonyl (C=O) groups excluding carboxylic acids is 1. The quantitative estimate of drug-likeness (QED) is 0.656. The van der Waals surface area contributed by atoms with Crippen LogP contribution in [0.4, 0.5) is 0 Å². The Morgan fingerprint density at radius 2 is 1.29 bits per heavy atom. The van der Waals surface area contributed by atoms with Crippen molar-refractivity contribution in [3.8, 4) is 0 Å². The molecule has 0 aromatic heterocycles. The lowest BCUT2D eigenvalue weighted by Gasteiger charge is -2.07. The summed E-state index contributed by atoms with van der Waals surface area (Å²) in [5, 5.41) is 0. The molecule has 2 nitrogen and oxygen atoms in total. The van der Waals surface area contributed by atoms with Crippen LogP contribution in [0.15, 0.2) is 91.0 Å². The zero-order valence-corrected chi connectivity index (χ0v) is 11.6. The van der Waals surface area contributed by atoms with Crippen molar-refractivity contribution in [3.05, 3.63) is 102 Å². The molecule has 104 valence electrons. The molecule has 2 heteroatoms. The molecule has 2 N–H and O–H groups in total. The fourth-order valence-corrected chi connectivity index (χ4v) is 1.96. The van der Waals surface area contributed by atoms with Crippen LogP contribution in [-0.4, -0.2) is 5.91 Å². The topological polar surface area (TPSA) is 43.1 Å². The highest BCUT2D eigenvalue weighted by Gasteiger charge is 2.02. The summed E-state index contributed by atoms with van der Waals surface area (Å²) < 4.78 is 0. The van der Waals surface area contributed by atoms with Crippen molar-refractivity contribution in [2.24, 2.45) is 5.73 Å². The Hall–Kier alpha value is -2.87. The van der Waals surface area contributed by atoms with E-state index < -0.39 is 5.91 Å².